The van der Waals surface area contributed by atoms with Gasteiger partial charge in [-0.05, 0) is 28.0 Å². The quantitative estimate of drug-likeness (QED) is 0.680. The Morgan fingerprint density at radius 2 is 1.73 bits per heavy atom. The molecule has 2 aromatic rings. The van der Waals surface area contributed by atoms with Gasteiger partial charge in [-0.15, -0.1) is 0 Å². The minimum Gasteiger partial charge on any atom is -0.373 e. The SMILES string of the molecule is C(=C1COC1)c1ccc2ccccc2c1. The highest BCUT2D eigenvalue weighted by atomic mass is 16.5. The molecule has 1 saturated heterocycles. The molecule has 2 aromatic carbocycles. The molecule has 1 aliphatic rings. The zero-order chi connectivity index (χ0) is 10.1. The molecule has 0 spiro atoms. The number of fused-ring (bicyclic) bond motifs is 1. The zero-order valence-electron chi connectivity index (χ0n) is 8.44. The van der Waals surface area contributed by atoms with E-state index < -0.39 is 0 Å². The second-order valence-corrected chi connectivity index (χ2v) is 3.90. The first-order valence-corrected chi connectivity index (χ1v) is 5.18. The molecular weight excluding hydrogens is 184 g/mol. The summed E-state index contributed by atoms with van der Waals surface area (Å²) in [5.41, 5.74) is 2.65. The van der Waals surface area contributed by atoms with Crippen LogP contribution in [-0.2, 0) is 4.74 Å². The minimum atomic E-state index is 0.798. The van der Waals surface area contributed by atoms with Gasteiger partial charge < -0.3 is 4.74 Å². The van der Waals surface area contributed by atoms with Crippen molar-refractivity contribution >= 4 is 16.8 Å². The molecule has 1 aliphatic heterocycles. The van der Waals surface area contributed by atoms with Crippen LogP contribution < -0.4 is 0 Å². The first-order valence-electron chi connectivity index (χ1n) is 5.18. The van der Waals surface area contributed by atoms with Crippen LogP contribution in [0.15, 0.2) is 48.0 Å². The van der Waals surface area contributed by atoms with Crippen molar-refractivity contribution in [2.75, 3.05) is 13.2 Å². The Balaban J connectivity index is 2.05. The van der Waals surface area contributed by atoms with Crippen molar-refractivity contribution in [1.82, 2.24) is 0 Å². The number of ether oxygens (including phenoxy) is 1. The molecule has 15 heavy (non-hydrogen) atoms. The Labute approximate surface area is 89.0 Å². The van der Waals surface area contributed by atoms with E-state index in [0.29, 0.717) is 0 Å². The standard InChI is InChI=1S/C14H12O/c1-2-4-14-8-11(5-6-13(14)3-1)7-12-9-15-10-12/h1-8H,9-10H2. The maximum absolute atomic E-state index is 5.13. The molecular formula is C14H12O. The van der Waals surface area contributed by atoms with Crippen molar-refractivity contribution < 1.29 is 4.74 Å². The van der Waals surface area contributed by atoms with Gasteiger partial charge in [0.1, 0.15) is 0 Å². The maximum Gasteiger partial charge on any atom is 0.0706 e. The third kappa shape index (κ3) is 1.66. The molecule has 1 heteroatoms. The summed E-state index contributed by atoms with van der Waals surface area (Å²) < 4.78 is 5.13. The van der Waals surface area contributed by atoms with Gasteiger partial charge in [-0.25, -0.2) is 0 Å². The fourth-order valence-corrected chi connectivity index (χ4v) is 1.84. The number of hydrogen-bond acceptors (Lipinski definition) is 1. The topological polar surface area (TPSA) is 9.23 Å². The van der Waals surface area contributed by atoms with Crippen LogP contribution in [-0.4, -0.2) is 13.2 Å². The zero-order valence-corrected chi connectivity index (χ0v) is 8.44. The Morgan fingerprint density at radius 1 is 0.933 bits per heavy atom. The highest BCUT2D eigenvalue weighted by Gasteiger charge is 2.07. The second kappa shape index (κ2) is 3.52. The number of rotatable bonds is 1. The molecule has 0 saturated carbocycles. The van der Waals surface area contributed by atoms with Crippen molar-refractivity contribution in [2.24, 2.45) is 0 Å². The summed E-state index contributed by atoms with van der Waals surface area (Å²) in [5.74, 6) is 0. The largest absolute Gasteiger partial charge is 0.373 e. The fraction of sp³-hybridized carbons (Fsp3) is 0.143. The Morgan fingerprint density at radius 3 is 2.47 bits per heavy atom. The van der Waals surface area contributed by atoms with Crippen molar-refractivity contribution in [3.8, 4) is 0 Å². The minimum absolute atomic E-state index is 0.798. The van der Waals surface area contributed by atoms with Crippen LogP contribution in [0.25, 0.3) is 16.8 Å². The van der Waals surface area contributed by atoms with Crippen LogP contribution in [0.1, 0.15) is 5.56 Å². The molecule has 0 aromatic heterocycles. The maximum atomic E-state index is 5.13. The van der Waals surface area contributed by atoms with Crippen LogP contribution in [0.2, 0.25) is 0 Å². The van der Waals surface area contributed by atoms with E-state index in [0.717, 1.165) is 13.2 Å². The summed E-state index contributed by atoms with van der Waals surface area (Å²) in [4.78, 5) is 0. The summed E-state index contributed by atoms with van der Waals surface area (Å²) in [6.07, 6.45) is 2.22. The van der Waals surface area contributed by atoms with Gasteiger partial charge in [0.25, 0.3) is 0 Å². The lowest BCUT2D eigenvalue weighted by Gasteiger charge is -2.17. The van der Waals surface area contributed by atoms with Gasteiger partial charge in [-0.3, -0.25) is 0 Å². The Kier molecular flexibility index (Phi) is 2.04. The first-order chi connectivity index (χ1) is 7.42. The smallest absolute Gasteiger partial charge is 0.0706 e. The first kappa shape index (κ1) is 8.69. The molecule has 0 amide bonds. The molecule has 1 nitrogen and oxygen atoms in total. The Hall–Kier alpha value is -1.60. The van der Waals surface area contributed by atoms with Crippen LogP contribution in [0.5, 0.6) is 0 Å². The van der Waals surface area contributed by atoms with Gasteiger partial charge in [-0.2, -0.15) is 0 Å². The fourth-order valence-electron chi connectivity index (χ4n) is 1.84. The molecule has 0 radical (unpaired) electrons. The molecule has 74 valence electrons. The summed E-state index contributed by atoms with van der Waals surface area (Å²) in [6.45, 7) is 1.60. The van der Waals surface area contributed by atoms with Crippen LogP contribution in [0.3, 0.4) is 0 Å². The second-order valence-electron chi connectivity index (χ2n) is 3.90. The van der Waals surface area contributed by atoms with Gasteiger partial charge in [0.2, 0.25) is 0 Å². The monoisotopic (exact) mass is 196 g/mol. The average Bonchev–Trinajstić information content (AvgIpc) is 2.23. The lowest BCUT2D eigenvalue weighted by atomic mass is 10.0. The van der Waals surface area contributed by atoms with Gasteiger partial charge in [0, 0.05) is 0 Å². The normalized spacial score (nSPS) is 15.1. The van der Waals surface area contributed by atoms with E-state index in [2.05, 4.69) is 48.5 Å². The molecule has 1 heterocycles. The summed E-state index contributed by atoms with van der Waals surface area (Å²) in [5, 5.41) is 2.59. The molecule has 3 rings (SSSR count). The van der Waals surface area contributed by atoms with Crippen LogP contribution in [0, 0.1) is 0 Å². The molecule has 0 atom stereocenters. The van der Waals surface area contributed by atoms with Gasteiger partial charge in [0.05, 0.1) is 13.2 Å². The number of benzene rings is 2. The van der Waals surface area contributed by atoms with Crippen molar-refractivity contribution in [1.29, 1.82) is 0 Å². The highest BCUT2D eigenvalue weighted by Crippen LogP contribution is 2.19. The highest BCUT2D eigenvalue weighted by molar-refractivity contribution is 5.84. The predicted molar refractivity (Wildman–Crippen MR) is 62.7 cm³/mol. The third-order valence-corrected chi connectivity index (χ3v) is 2.72. The molecule has 0 aliphatic carbocycles. The summed E-state index contributed by atoms with van der Waals surface area (Å²) in [6, 6.07) is 15.0. The van der Waals surface area contributed by atoms with E-state index in [-0.39, 0.29) is 0 Å². The van der Waals surface area contributed by atoms with E-state index in [1.807, 2.05) is 0 Å². The summed E-state index contributed by atoms with van der Waals surface area (Å²) >= 11 is 0. The van der Waals surface area contributed by atoms with Gasteiger partial charge in [0.15, 0.2) is 0 Å². The van der Waals surface area contributed by atoms with Crippen LogP contribution in [0.4, 0.5) is 0 Å². The molecule has 0 unspecified atom stereocenters. The third-order valence-electron chi connectivity index (χ3n) is 2.72. The lowest BCUT2D eigenvalue weighted by molar-refractivity contribution is 0.105. The molecule has 0 N–H and O–H groups in total. The average molecular weight is 196 g/mol. The van der Waals surface area contributed by atoms with Gasteiger partial charge in [-0.1, -0.05) is 42.5 Å². The lowest BCUT2D eigenvalue weighted by Crippen LogP contribution is -2.15. The van der Waals surface area contributed by atoms with Gasteiger partial charge >= 0.3 is 0 Å². The van der Waals surface area contributed by atoms with E-state index in [4.69, 9.17) is 4.74 Å². The van der Waals surface area contributed by atoms with Crippen molar-refractivity contribution in [3.63, 3.8) is 0 Å². The van der Waals surface area contributed by atoms with E-state index in [1.165, 1.54) is 21.9 Å². The van der Waals surface area contributed by atoms with Crippen LogP contribution >= 0.6 is 0 Å². The van der Waals surface area contributed by atoms with E-state index in [9.17, 15) is 0 Å². The summed E-state index contributed by atoms with van der Waals surface area (Å²) in [7, 11) is 0. The van der Waals surface area contributed by atoms with E-state index >= 15 is 0 Å². The van der Waals surface area contributed by atoms with Crippen molar-refractivity contribution in [3.05, 3.63) is 53.6 Å². The predicted octanol–water partition coefficient (Wildman–Crippen LogP) is 3.25. The molecule has 0 bridgehead atoms. The number of hydrogen-bond donors (Lipinski definition) is 0. The Bertz CT molecular complexity index is 520. The van der Waals surface area contributed by atoms with E-state index in [1.54, 1.807) is 0 Å². The van der Waals surface area contributed by atoms with Crippen molar-refractivity contribution in [2.45, 2.75) is 0 Å². The molecule has 1 fully saturated rings.